The molecular weight excluding hydrogens is 466 g/mol. The summed E-state index contributed by atoms with van der Waals surface area (Å²) in [6.45, 7) is 4.03. The van der Waals surface area contributed by atoms with Crippen LogP contribution in [0.1, 0.15) is 70.3 Å². The molecule has 1 atom stereocenters. The molecule has 0 aliphatic heterocycles. The van der Waals surface area contributed by atoms with Crippen molar-refractivity contribution in [2.75, 3.05) is 6.54 Å². The molecule has 1 aromatic heterocycles. The second-order valence-corrected chi connectivity index (χ2v) is 8.73. The lowest BCUT2D eigenvalue weighted by Crippen LogP contribution is -2.48. The number of amides is 3. The van der Waals surface area contributed by atoms with Crippen LogP contribution in [0.3, 0.4) is 0 Å². The number of fused-ring (bicyclic) bond motifs is 1. The van der Waals surface area contributed by atoms with Crippen LogP contribution in [0, 0.1) is 6.92 Å². The predicted octanol–water partition coefficient (Wildman–Crippen LogP) is 2.62. The lowest BCUT2D eigenvalue weighted by Gasteiger charge is -2.17. The van der Waals surface area contributed by atoms with E-state index in [9.17, 15) is 24.0 Å². The molecule has 2 rings (SSSR count). The summed E-state index contributed by atoms with van der Waals surface area (Å²) in [5, 5.41) is 5.93. The Morgan fingerprint density at radius 2 is 1.78 bits per heavy atom. The Kier molecular flexibility index (Phi) is 11.6. The maximum atomic E-state index is 12.5. The van der Waals surface area contributed by atoms with Gasteiger partial charge in [0.1, 0.15) is 17.4 Å². The molecule has 10 heteroatoms. The molecule has 196 valence electrons. The number of esters is 1. The van der Waals surface area contributed by atoms with Crippen LogP contribution in [-0.2, 0) is 19.2 Å². The Balaban J connectivity index is 1.77. The van der Waals surface area contributed by atoms with Crippen LogP contribution in [0.25, 0.3) is 11.0 Å². The number of benzene rings is 1. The normalized spacial score (nSPS) is 11.6. The van der Waals surface area contributed by atoms with Gasteiger partial charge in [0.2, 0.25) is 17.7 Å². The van der Waals surface area contributed by atoms with Crippen LogP contribution in [0.5, 0.6) is 5.75 Å². The van der Waals surface area contributed by atoms with E-state index in [1.165, 1.54) is 12.1 Å². The molecule has 0 radical (unpaired) electrons. The molecule has 0 fully saturated rings. The zero-order valence-electron chi connectivity index (χ0n) is 20.9. The Morgan fingerprint density at radius 3 is 2.50 bits per heavy atom. The minimum Gasteiger partial charge on any atom is -0.426 e. The van der Waals surface area contributed by atoms with Crippen molar-refractivity contribution in [3.05, 3.63) is 40.2 Å². The van der Waals surface area contributed by atoms with Crippen molar-refractivity contribution in [1.82, 2.24) is 10.6 Å². The van der Waals surface area contributed by atoms with E-state index < -0.39 is 29.5 Å². The predicted molar refractivity (Wildman–Crippen MR) is 134 cm³/mol. The number of unbranched alkanes of at least 4 members (excludes halogenated alkanes) is 4. The monoisotopic (exact) mass is 501 g/mol. The smallest absolute Gasteiger partial charge is 0.336 e. The molecule has 4 N–H and O–H groups in total. The van der Waals surface area contributed by atoms with Gasteiger partial charge in [0, 0.05) is 36.9 Å². The fourth-order valence-electron chi connectivity index (χ4n) is 3.68. The lowest BCUT2D eigenvalue weighted by atomic mass is 10.1. The molecule has 36 heavy (non-hydrogen) atoms. The van der Waals surface area contributed by atoms with Crippen molar-refractivity contribution in [2.24, 2.45) is 5.73 Å². The second-order valence-electron chi connectivity index (χ2n) is 8.73. The summed E-state index contributed by atoms with van der Waals surface area (Å²) in [7, 11) is 0. The van der Waals surface area contributed by atoms with Crippen LogP contribution in [0.15, 0.2) is 33.5 Å². The molecule has 0 aliphatic rings. The summed E-state index contributed by atoms with van der Waals surface area (Å²) in [6.07, 6.45) is 5.16. The molecule has 3 amide bonds. The molecule has 0 aliphatic carbocycles. The third-order valence-electron chi connectivity index (χ3n) is 5.58. The van der Waals surface area contributed by atoms with E-state index >= 15 is 0 Å². The average Bonchev–Trinajstić information content (AvgIpc) is 2.80. The summed E-state index contributed by atoms with van der Waals surface area (Å²) < 4.78 is 10.4. The zero-order chi connectivity index (χ0) is 26.5. The molecule has 0 saturated carbocycles. The summed E-state index contributed by atoms with van der Waals surface area (Å²) in [5.41, 5.74) is 5.81. The molecular formula is C26H35N3O7. The second kappa shape index (κ2) is 14.7. The first-order chi connectivity index (χ1) is 17.2. The van der Waals surface area contributed by atoms with Crippen LogP contribution in [0.4, 0.5) is 0 Å². The van der Waals surface area contributed by atoms with Crippen molar-refractivity contribution < 1.29 is 28.3 Å². The van der Waals surface area contributed by atoms with Crippen molar-refractivity contribution in [3.8, 4) is 5.75 Å². The van der Waals surface area contributed by atoms with E-state index in [1.54, 1.807) is 19.1 Å². The van der Waals surface area contributed by atoms with Gasteiger partial charge < -0.3 is 25.5 Å². The topological polar surface area (TPSA) is 158 Å². The molecule has 0 spiro atoms. The number of nitrogens with one attached hydrogen (secondary N) is 2. The summed E-state index contributed by atoms with van der Waals surface area (Å²) in [6, 6.07) is 5.11. The summed E-state index contributed by atoms with van der Waals surface area (Å²) in [5.74, 6) is -1.84. The van der Waals surface area contributed by atoms with Gasteiger partial charge in [0.15, 0.2) is 0 Å². The Hall–Kier alpha value is -3.69. The van der Waals surface area contributed by atoms with Gasteiger partial charge in [-0.3, -0.25) is 19.2 Å². The summed E-state index contributed by atoms with van der Waals surface area (Å²) in [4.78, 5) is 59.7. The fourth-order valence-corrected chi connectivity index (χ4v) is 3.68. The summed E-state index contributed by atoms with van der Waals surface area (Å²) >= 11 is 0. The van der Waals surface area contributed by atoms with E-state index in [0.717, 1.165) is 36.6 Å². The van der Waals surface area contributed by atoms with E-state index in [-0.39, 0.29) is 43.9 Å². The van der Waals surface area contributed by atoms with Crippen molar-refractivity contribution in [3.63, 3.8) is 0 Å². The van der Waals surface area contributed by atoms with E-state index in [0.29, 0.717) is 12.0 Å². The van der Waals surface area contributed by atoms with Crippen molar-refractivity contribution in [2.45, 2.75) is 77.7 Å². The number of hydrogen-bond donors (Lipinski definition) is 3. The van der Waals surface area contributed by atoms with E-state index in [2.05, 4.69) is 17.6 Å². The maximum absolute atomic E-state index is 12.5. The molecule has 1 heterocycles. The molecule has 1 aromatic carbocycles. The number of rotatable bonds is 15. The van der Waals surface area contributed by atoms with Gasteiger partial charge in [0.05, 0.1) is 6.42 Å². The van der Waals surface area contributed by atoms with Crippen LogP contribution in [-0.4, -0.2) is 36.3 Å². The lowest BCUT2D eigenvalue weighted by molar-refractivity contribution is -0.134. The first-order valence-corrected chi connectivity index (χ1v) is 12.3. The van der Waals surface area contributed by atoms with Gasteiger partial charge in [-0.25, -0.2) is 4.79 Å². The van der Waals surface area contributed by atoms with Crippen LogP contribution >= 0.6 is 0 Å². The first kappa shape index (κ1) is 28.5. The number of hydrogen-bond acceptors (Lipinski definition) is 7. The van der Waals surface area contributed by atoms with Gasteiger partial charge in [-0.15, -0.1) is 0 Å². The van der Waals surface area contributed by atoms with Crippen LogP contribution in [0.2, 0.25) is 0 Å². The molecule has 0 bridgehead atoms. The van der Waals surface area contributed by atoms with Crippen molar-refractivity contribution in [1.29, 1.82) is 0 Å². The highest BCUT2D eigenvalue weighted by Gasteiger charge is 2.22. The average molecular weight is 502 g/mol. The molecule has 2 aromatic rings. The Morgan fingerprint density at radius 1 is 1.03 bits per heavy atom. The fraction of sp³-hybridized carbons (Fsp3) is 0.500. The number of primary amides is 1. The quantitative estimate of drug-likeness (QED) is 0.146. The van der Waals surface area contributed by atoms with Gasteiger partial charge in [-0.1, -0.05) is 32.6 Å². The van der Waals surface area contributed by atoms with Gasteiger partial charge >= 0.3 is 11.6 Å². The Bertz CT molecular complexity index is 1130. The highest BCUT2D eigenvalue weighted by molar-refractivity contribution is 5.91. The van der Waals surface area contributed by atoms with E-state index in [1.807, 2.05) is 0 Å². The van der Waals surface area contributed by atoms with Crippen molar-refractivity contribution >= 4 is 34.7 Å². The minimum absolute atomic E-state index is 0.0146. The van der Waals surface area contributed by atoms with Gasteiger partial charge in [0.25, 0.3) is 0 Å². The number of aryl methyl sites for hydroxylation is 1. The van der Waals surface area contributed by atoms with Crippen LogP contribution < -0.4 is 26.7 Å². The molecule has 10 nitrogen and oxygen atoms in total. The number of carbonyl (C=O) groups is 4. The Labute approximate surface area is 209 Å². The largest absolute Gasteiger partial charge is 0.426 e. The zero-order valence-corrected chi connectivity index (χ0v) is 20.9. The molecule has 0 saturated heterocycles. The highest BCUT2D eigenvalue weighted by atomic mass is 16.5. The number of ether oxygens (including phenoxy) is 1. The van der Waals surface area contributed by atoms with Gasteiger partial charge in [-0.2, -0.15) is 0 Å². The highest BCUT2D eigenvalue weighted by Crippen LogP contribution is 2.22. The SMILES string of the molecule is CCCCCCCC(=O)N[C@H](CC(N)=O)C(=O)NCCCC(=O)Oc1ccc2c(C)cc(=O)oc2c1. The third-order valence-corrected chi connectivity index (χ3v) is 5.58. The van der Waals surface area contributed by atoms with E-state index in [4.69, 9.17) is 14.9 Å². The minimum atomic E-state index is -1.06. The standard InChI is InChI=1S/C26H35N3O7/c1-3-4-5-6-7-9-23(31)29-20(16-22(27)30)26(34)28-13-8-10-24(32)35-18-11-12-19-17(2)14-25(33)36-21(19)15-18/h11-12,14-15,20H,3-10,13,16H2,1-2H3,(H2,27,30)(H,28,34)(H,29,31)/t20-/m1/s1. The number of carbonyl (C=O) groups excluding carboxylic acids is 4. The number of nitrogens with two attached hydrogens (primary N) is 1. The van der Waals surface area contributed by atoms with Gasteiger partial charge in [-0.05, 0) is 37.5 Å². The third kappa shape index (κ3) is 9.89. The molecule has 0 unspecified atom stereocenters. The first-order valence-electron chi connectivity index (χ1n) is 12.3. The maximum Gasteiger partial charge on any atom is 0.336 e.